The van der Waals surface area contributed by atoms with E-state index in [-0.39, 0.29) is 5.91 Å². The van der Waals surface area contributed by atoms with Crippen LogP contribution in [0.1, 0.15) is 18.1 Å². The number of aryl methyl sites for hydroxylation is 1. The van der Waals surface area contributed by atoms with Gasteiger partial charge in [-0.1, -0.05) is 36.4 Å². The molecule has 2 aromatic carbocycles. The summed E-state index contributed by atoms with van der Waals surface area (Å²) in [5.41, 5.74) is 3.05. The van der Waals surface area contributed by atoms with Gasteiger partial charge in [-0.05, 0) is 30.2 Å². The van der Waals surface area contributed by atoms with E-state index in [4.69, 9.17) is 4.74 Å². The van der Waals surface area contributed by atoms with E-state index in [1.165, 1.54) is 12.5 Å². The van der Waals surface area contributed by atoms with Crippen molar-refractivity contribution in [2.75, 3.05) is 11.9 Å². The molecule has 0 atom stereocenters. The number of rotatable bonds is 5. The van der Waals surface area contributed by atoms with E-state index < -0.39 is 0 Å². The van der Waals surface area contributed by atoms with Crippen molar-refractivity contribution in [2.45, 2.75) is 20.3 Å². The monoisotopic (exact) mass is 269 g/mol. The molecule has 0 fully saturated rings. The van der Waals surface area contributed by atoms with Gasteiger partial charge in [-0.3, -0.25) is 4.79 Å². The minimum atomic E-state index is -0.0940. The molecule has 3 nitrogen and oxygen atoms in total. The van der Waals surface area contributed by atoms with Crippen LogP contribution in [0.15, 0.2) is 48.5 Å². The Balaban J connectivity index is 2.00. The molecule has 104 valence electrons. The largest absolute Gasteiger partial charge is 0.491 e. The van der Waals surface area contributed by atoms with Gasteiger partial charge in [-0.25, -0.2) is 0 Å². The third-order valence-electron chi connectivity index (χ3n) is 2.94. The zero-order chi connectivity index (χ0) is 14.4. The number of hydrogen-bond acceptors (Lipinski definition) is 2. The van der Waals surface area contributed by atoms with Crippen LogP contribution in [0.25, 0.3) is 0 Å². The van der Waals surface area contributed by atoms with Crippen molar-refractivity contribution in [3.05, 3.63) is 59.7 Å². The normalized spacial score (nSPS) is 10.1. The first-order valence-corrected chi connectivity index (χ1v) is 6.70. The molecule has 0 heterocycles. The molecule has 0 aromatic heterocycles. The second-order valence-corrected chi connectivity index (χ2v) is 4.76. The standard InChI is InChI=1S/C17H19NO2/c1-13-8-9-17(16(12-13)18-14(2)19)20-11-10-15-6-4-3-5-7-15/h3-9,12H,10-11H2,1-2H3,(H,18,19). The van der Waals surface area contributed by atoms with Crippen molar-refractivity contribution in [3.8, 4) is 5.75 Å². The molecular formula is C17H19NO2. The maximum atomic E-state index is 11.2. The van der Waals surface area contributed by atoms with E-state index in [0.717, 1.165) is 17.7 Å². The van der Waals surface area contributed by atoms with E-state index in [1.54, 1.807) is 0 Å². The lowest BCUT2D eigenvalue weighted by atomic mass is 10.1. The number of hydrogen-bond donors (Lipinski definition) is 1. The SMILES string of the molecule is CC(=O)Nc1cc(C)ccc1OCCc1ccccc1. The highest BCUT2D eigenvalue weighted by atomic mass is 16.5. The second-order valence-electron chi connectivity index (χ2n) is 4.76. The van der Waals surface area contributed by atoms with Gasteiger partial charge in [0.25, 0.3) is 0 Å². The topological polar surface area (TPSA) is 38.3 Å². The molecule has 0 spiro atoms. The van der Waals surface area contributed by atoms with Crippen LogP contribution in [-0.4, -0.2) is 12.5 Å². The number of amides is 1. The predicted molar refractivity (Wildman–Crippen MR) is 81.1 cm³/mol. The molecular weight excluding hydrogens is 250 g/mol. The highest BCUT2D eigenvalue weighted by Crippen LogP contribution is 2.25. The van der Waals surface area contributed by atoms with Gasteiger partial charge < -0.3 is 10.1 Å². The third-order valence-corrected chi connectivity index (χ3v) is 2.94. The number of anilines is 1. The number of carbonyl (C=O) groups is 1. The van der Waals surface area contributed by atoms with Crippen LogP contribution in [0.3, 0.4) is 0 Å². The summed E-state index contributed by atoms with van der Waals surface area (Å²) in [5.74, 6) is 0.616. The highest BCUT2D eigenvalue weighted by Gasteiger charge is 2.05. The van der Waals surface area contributed by atoms with Crippen molar-refractivity contribution in [1.29, 1.82) is 0 Å². The molecule has 20 heavy (non-hydrogen) atoms. The minimum Gasteiger partial charge on any atom is -0.491 e. The summed E-state index contributed by atoms with van der Waals surface area (Å²) in [6.45, 7) is 4.06. The summed E-state index contributed by atoms with van der Waals surface area (Å²) < 4.78 is 5.78. The molecule has 0 bridgehead atoms. The second kappa shape index (κ2) is 6.75. The first-order valence-electron chi connectivity index (χ1n) is 6.70. The van der Waals surface area contributed by atoms with Crippen LogP contribution in [-0.2, 0) is 11.2 Å². The predicted octanol–water partition coefficient (Wildman–Crippen LogP) is 3.57. The van der Waals surface area contributed by atoms with E-state index in [9.17, 15) is 4.79 Å². The fraction of sp³-hybridized carbons (Fsp3) is 0.235. The number of ether oxygens (including phenoxy) is 1. The lowest BCUT2D eigenvalue weighted by Gasteiger charge is -2.12. The van der Waals surface area contributed by atoms with Gasteiger partial charge in [0.15, 0.2) is 0 Å². The average molecular weight is 269 g/mol. The smallest absolute Gasteiger partial charge is 0.221 e. The highest BCUT2D eigenvalue weighted by molar-refractivity contribution is 5.90. The number of carbonyl (C=O) groups excluding carboxylic acids is 1. The summed E-state index contributed by atoms with van der Waals surface area (Å²) in [6.07, 6.45) is 0.841. The first-order chi connectivity index (χ1) is 9.65. The summed E-state index contributed by atoms with van der Waals surface area (Å²) >= 11 is 0. The number of benzene rings is 2. The Kier molecular flexibility index (Phi) is 4.77. The van der Waals surface area contributed by atoms with Gasteiger partial charge >= 0.3 is 0 Å². The molecule has 0 aliphatic heterocycles. The summed E-state index contributed by atoms with van der Waals surface area (Å²) in [7, 11) is 0. The van der Waals surface area contributed by atoms with Crippen molar-refractivity contribution in [1.82, 2.24) is 0 Å². The van der Waals surface area contributed by atoms with Crippen LogP contribution >= 0.6 is 0 Å². The Hall–Kier alpha value is -2.29. The zero-order valence-electron chi connectivity index (χ0n) is 11.8. The molecule has 0 saturated carbocycles. The molecule has 3 heteroatoms. The van der Waals surface area contributed by atoms with E-state index in [1.807, 2.05) is 43.3 Å². The molecule has 2 rings (SSSR count). The van der Waals surface area contributed by atoms with Crippen LogP contribution in [0.5, 0.6) is 5.75 Å². The van der Waals surface area contributed by atoms with Crippen LogP contribution < -0.4 is 10.1 Å². The average Bonchev–Trinajstić information content (AvgIpc) is 2.42. The molecule has 2 aromatic rings. The zero-order valence-corrected chi connectivity index (χ0v) is 11.8. The molecule has 0 aliphatic carbocycles. The van der Waals surface area contributed by atoms with Gasteiger partial charge in [0.2, 0.25) is 5.91 Å². The summed E-state index contributed by atoms with van der Waals surface area (Å²) in [6, 6.07) is 16.0. The van der Waals surface area contributed by atoms with E-state index >= 15 is 0 Å². The maximum absolute atomic E-state index is 11.2. The fourth-order valence-electron chi connectivity index (χ4n) is 1.98. The van der Waals surface area contributed by atoms with Crippen molar-refractivity contribution >= 4 is 11.6 Å². The summed E-state index contributed by atoms with van der Waals surface area (Å²) in [4.78, 5) is 11.2. The van der Waals surface area contributed by atoms with Gasteiger partial charge in [0.1, 0.15) is 5.75 Å². The van der Waals surface area contributed by atoms with Crippen molar-refractivity contribution in [2.24, 2.45) is 0 Å². The Morgan fingerprint density at radius 1 is 1.15 bits per heavy atom. The fourth-order valence-corrected chi connectivity index (χ4v) is 1.98. The van der Waals surface area contributed by atoms with Gasteiger partial charge in [-0.15, -0.1) is 0 Å². The van der Waals surface area contributed by atoms with Crippen LogP contribution in [0.4, 0.5) is 5.69 Å². The van der Waals surface area contributed by atoms with Gasteiger partial charge in [0, 0.05) is 13.3 Å². The Bertz CT molecular complexity index is 579. The molecule has 1 amide bonds. The third kappa shape index (κ3) is 4.12. The summed E-state index contributed by atoms with van der Waals surface area (Å²) in [5, 5.41) is 2.80. The quantitative estimate of drug-likeness (QED) is 0.901. The molecule has 0 unspecified atom stereocenters. The molecule has 0 aliphatic rings. The molecule has 0 radical (unpaired) electrons. The van der Waals surface area contributed by atoms with Crippen molar-refractivity contribution < 1.29 is 9.53 Å². The minimum absolute atomic E-state index is 0.0940. The molecule has 0 saturated heterocycles. The van der Waals surface area contributed by atoms with Gasteiger partial charge in [-0.2, -0.15) is 0 Å². The van der Waals surface area contributed by atoms with Crippen LogP contribution in [0.2, 0.25) is 0 Å². The van der Waals surface area contributed by atoms with E-state index in [0.29, 0.717) is 12.4 Å². The lowest BCUT2D eigenvalue weighted by molar-refractivity contribution is -0.114. The lowest BCUT2D eigenvalue weighted by Crippen LogP contribution is -2.09. The van der Waals surface area contributed by atoms with Gasteiger partial charge in [0.05, 0.1) is 12.3 Å². The van der Waals surface area contributed by atoms with E-state index in [2.05, 4.69) is 17.4 Å². The first kappa shape index (κ1) is 14.1. The maximum Gasteiger partial charge on any atom is 0.221 e. The Morgan fingerprint density at radius 2 is 1.90 bits per heavy atom. The van der Waals surface area contributed by atoms with Crippen molar-refractivity contribution in [3.63, 3.8) is 0 Å². The Labute approximate surface area is 119 Å². The molecule has 1 N–H and O–H groups in total. The number of nitrogens with one attached hydrogen (secondary N) is 1. The van der Waals surface area contributed by atoms with Crippen LogP contribution in [0, 0.1) is 6.92 Å². The Morgan fingerprint density at radius 3 is 2.60 bits per heavy atom.